The molecule has 0 unspecified atom stereocenters. The van der Waals surface area contributed by atoms with Crippen LogP contribution in [0, 0.1) is 0 Å². The highest BCUT2D eigenvalue weighted by Crippen LogP contribution is 2.47. The van der Waals surface area contributed by atoms with Crippen LogP contribution in [-0.2, 0) is 52.6 Å². The molecule has 0 saturated carbocycles. The fraction of sp³-hybridized carbons (Fsp3) is 0.324. The molecule has 3 aliphatic carbocycles. The molecule has 3 atom stereocenters. The Bertz CT molecular complexity index is 4300. The van der Waals surface area contributed by atoms with E-state index in [-0.39, 0.29) is 103 Å². The fourth-order valence-corrected chi connectivity index (χ4v) is 14.5. The molecule has 0 spiro atoms. The number of rotatable bonds is 22. The zero-order chi connectivity index (χ0) is 70.1. The summed E-state index contributed by atoms with van der Waals surface area (Å²) in [5.41, 5.74) is 13.2. The van der Waals surface area contributed by atoms with Crippen molar-refractivity contribution in [2.45, 2.75) is 113 Å². The van der Waals surface area contributed by atoms with Gasteiger partial charge in [-0.05, 0) is 86.0 Å². The summed E-state index contributed by atoms with van der Waals surface area (Å²) in [7, 11) is 1.21. The van der Waals surface area contributed by atoms with E-state index in [1.165, 1.54) is 30.1 Å². The molecule has 0 radical (unpaired) electrons. The van der Waals surface area contributed by atoms with E-state index in [9.17, 15) is 53.4 Å². The number of carbonyl (C=O) groups is 6. The van der Waals surface area contributed by atoms with Gasteiger partial charge in [0.25, 0.3) is 0 Å². The van der Waals surface area contributed by atoms with Crippen LogP contribution < -0.4 is 22.6 Å². The van der Waals surface area contributed by atoms with Gasteiger partial charge in [-0.2, -0.15) is 0 Å². The number of nitrogens with one attached hydrogen (secondary N) is 4. The lowest BCUT2D eigenvalue weighted by molar-refractivity contribution is -0.142. The average molecular weight is 1370 g/mol. The molecule has 9 aromatic rings. The first kappa shape index (κ1) is 70.4. The van der Waals surface area contributed by atoms with Crippen molar-refractivity contribution in [3.8, 4) is 33.4 Å². The van der Waals surface area contributed by atoms with Crippen molar-refractivity contribution in [2.75, 3.05) is 33.6 Å². The van der Waals surface area contributed by atoms with Crippen molar-refractivity contribution < 1.29 is 71.5 Å². The Morgan fingerprint density at radius 1 is 0.535 bits per heavy atom. The summed E-state index contributed by atoms with van der Waals surface area (Å²) >= 11 is 0. The van der Waals surface area contributed by atoms with Gasteiger partial charge in [-0.3, -0.25) is 38.3 Å². The molecule has 28 heteroatoms. The Morgan fingerprint density at radius 3 is 1.25 bits per heavy atom. The molecule has 1 saturated heterocycles. The first-order valence-electron chi connectivity index (χ1n) is 32.5. The predicted octanol–water partition coefficient (Wildman–Crippen LogP) is 9.62. The lowest BCUT2D eigenvalue weighted by atomic mass is 9.98. The molecule has 516 valence electrons. The van der Waals surface area contributed by atoms with E-state index in [0.717, 1.165) is 71.7 Å². The molecular weight excluding hydrogens is 1290 g/mol. The largest absolute Gasteiger partial charge is 0.480 e. The predicted molar refractivity (Wildman–Crippen MR) is 360 cm³/mol. The summed E-state index contributed by atoms with van der Waals surface area (Å²) in [4.78, 5) is 115. The van der Waals surface area contributed by atoms with Gasteiger partial charge in [0, 0.05) is 52.9 Å². The number of hydrogen-bond donors (Lipinski definition) is 6. The number of aromatic nitrogens is 6. The van der Waals surface area contributed by atoms with E-state index in [4.69, 9.17) is 18.9 Å². The number of aliphatic carboxylic acids is 2. The lowest BCUT2D eigenvalue weighted by Gasteiger charge is -2.25. The number of alkyl carbamates (subject to hydrolysis) is 1. The first-order valence-corrected chi connectivity index (χ1v) is 35.0. The molecule has 1 aliphatic heterocycles. The maximum absolute atomic E-state index is 12.8. The van der Waals surface area contributed by atoms with Crippen molar-refractivity contribution in [1.82, 2.24) is 45.5 Å². The van der Waals surface area contributed by atoms with Crippen LogP contribution >= 0.6 is 0 Å². The molecular formula is C71H75N9O18Si. The van der Waals surface area contributed by atoms with Gasteiger partial charge >= 0.3 is 53.5 Å². The normalized spacial score (nSPS) is 14.4. The lowest BCUT2D eigenvalue weighted by Crippen LogP contribution is -2.43. The number of likely N-dealkylation sites (N-methyl/N-ethyl adjacent to an activating group) is 1. The van der Waals surface area contributed by atoms with Gasteiger partial charge in [-0.15, -0.1) is 0 Å². The third-order valence-corrected chi connectivity index (χ3v) is 21.5. The van der Waals surface area contributed by atoms with E-state index in [0.29, 0.717) is 5.82 Å². The molecule has 27 nitrogen and oxygen atoms in total. The number of nitrogens with zero attached hydrogens (tertiary/aromatic N) is 5. The summed E-state index contributed by atoms with van der Waals surface area (Å²) in [5.74, 6) is -4.59. The number of amides is 3. The van der Waals surface area contributed by atoms with E-state index < -0.39 is 71.6 Å². The number of H-pyrrole nitrogens is 3. The molecule has 4 heterocycles. The van der Waals surface area contributed by atoms with Crippen LogP contribution in [0.3, 0.4) is 0 Å². The van der Waals surface area contributed by atoms with E-state index >= 15 is 0 Å². The highest BCUT2D eigenvalue weighted by molar-refractivity contribution is 6.58. The maximum Gasteiger partial charge on any atom is 0.438 e. The fourth-order valence-electron chi connectivity index (χ4n) is 12.7. The standard InChI is InChI=1S/C22H19N3O6.C22H21N3O6.C21H19N3O6.C6H16Si/c26-20-18(9-10-19-23-21(27)31-24-19)25(12-30-20)22(28)29-11-17-15-7-3-1-5-13(15)14-6-2-4-8-16(14)17;1-25(18(20(26)27)10-11-19-23-21(28)31-24-19)22(29)30-12-17-15-8-4-2-6-13(15)14-7-3-5-9-16(14)17;25-19(26)17(9-10-18-23-21(28)30-24-18)22-20(27)29-11-16-14-7-3-1-5-12(14)13-6-2-4-8-15(13)16;1-4-7(5-2)6-3/h1-8,17-18H,9-12H2,(H,23,24,27);2-9,17-18H,10-12H2,1H3,(H,26,27)(H,23,24,28);1-8,16-17H,9-11H2,(H,22,27)(H,25,26)(H,23,24,28);7H,4-6H2,1-3H3/t2*18-;17-;/m000./s1. The monoisotopic (exact) mass is 1370 g/mol. The third-order valence-electron chi connectivity index (χ3n) is 18.0. The average Bonchev–Trinajstić information content (AvgIpc) is 1.64. The number of aryl methyl sites for hydroxylation is 3. The quantitative estimate of drug-likeness (QED) is 0.0209. The summed E-state index contributed by atoms with van der Waals surface area (Å²) in [6.45, 7) is 7.14. The Balaban J connectivity index is 0.000000153. The van der Waals surface area contributed by atoms with Crippen LogP contribution in [0.2, 0.25) is 18.1 Å². The number of carboxylic acid groups (broad SMARTS) is 2. The van der Waals surface area contributed by atoms with Crippen LogP contribution in [0.15, 0.2) is 174 Å². The van der Waals surface area contributed by atoms with Crippen LogP contribution in [0.4, 0.5) is 14.4 Å². The number of fused-ring (bicyclic) bond motifs is 9. The van der Waals surface area contributed by atoms with Crippen molar-refractivity contribution >= 4 is 45.0 Å². The molecule has 6 N–H and O–H groups in total. The minimum atomic E-state index is -1.21. The van der Waals surface area contributed by atoms with Gasteiger partial charge in [-0.1, -0.05) is 200 Å². The number of benzene rings is 6. The second kappa shape index (κ2) is 33.0. The van der Waals surface area contributed by atoms with Gasteiger partial charge in [0.2, 0.25) is 0 Å². The molecule has 0 bridgehead atoms. The van der Waals surface area contributed by atoms with Gasteiger partial charge in [0.05, 0.1) is 0 Å². The molecule has 4 aliphatic rings. The number of carboxylic acids is 2. The van der Waals surface area contributed by atoms with Gasteiger partial charge in [0.1, 0.15) is 37.9 Å². The number of ether oxygens (including phenoxy) is 4. The minimum absolute atomic E-state index is 0.0159. The first-order chi connectivity index (χ1) is 47.9. The van der Waals surface area contributed by atoms with Crippen molar-refractivity contribution in [1.29, 1.82) is 0 Å². The highest BCUT2D eigenvalue weighted by atomic mass is 28.3. The van der Waals surface area contributed by atoms with Gasteiger partial charge < -0.3 is 34.5 Å². The topological polar surface area (TPSA) is 375 Å². The molecule has 3 amide bonds. The zero-order valence-corrected chi connectivity index (χ0v) is 55.9. The summed E-state index contributed by atoms with van der Waals surface area (Å²) < 4.78 is 34.8. The van der Waals surface area contributed by atoms with E-state index in [2.05, 4.69) is 82.2 Å². The molecule has 99 heavy (non-hydrogen) atoms. The summed E-state index contributed by atoms with van der Waals surface area (Å²) in [6, 6.07) is 49.2. The summed E-state index contributed by atoms with van der Waals surface area (Å²) in [6.07, 6.45) is -1.40. The maximum atomic E-state index is 12.8. The number of aromatic amines is 3. The van der Waals surface area contributed by atoms with Crippen molar-refractivity contribution in [2.24, 2.45) is 0 Å². The Hall–Kier alpha value is -11.4. The van der Waals surface area contributed by atoms with E-state index in [1.54, 1.807) is 0 Å². The second-order valence-corrected chi connectivity index (χ2v) is 28.0. The third kappa shape index (κ3) is 17.1. The minimum Gasteiger partial charge on any atom is -0.480 e. The van der Waals surface area contributed by atoms with Gasteiger partial charge in [-0.25, -0.2) is 43.2 Å². The number of cyclic esters (lactones) is 1. The Labute approximate surface area is 568 Å². The second-order valence-electron chi connectivity index (χ2n) is 23.8. The zero-order valence-electron chi connectivity index (χ0n) is 54.8. The number of esters is 1. The van der Waals surface area contributed by atoms with Crippen LogP contribution in [-0.4, -0.2) is 147 Å². The van der Waals surface area contributed by atoms with Gasteiger partial charge in [0.15, 0.2) is 24.2 Å². The van der Waals surface area contributed by atoms with Crippen LogP contribution in [0.25, 0.3) is 33.4 Å². The van der Waals surface area contributed by atoms with Crippen LogP contribution in [0.1, 0.15) is 109 Å². The molecule has 3 aromatic heterocycles. The smallest absolute Gasteiger partial charge is 0.438 e. The molecule has 13 rings (SSSR count). The molecule has 6 aromatic carbocycles. The number of hydrogen-bond acceptors (Lipinski definition) is 19. The highest BCUT2D eigenvalue weighted by Gasteiger charge is 2.40. The van der Waals surface area contributed by atoms with E-state index in [1.807, 2.05) is 133 Å². The summed E-state index contributed by atoms with van der Waals surface area (Å²) in [5, 5.41) is 31.8. The van der Waals surface area contributed by atoms with Crippen molar-refractivity contribution in [3.63, 3.8) is 0 Å². The SMILES string of the molecule is CC[SiH](CC)CC.CN(C(=O)OCC1c2ccccc2-c2ccccc21)[C@@H](CCc1noc(=O)[nH]1)C(=O)O.O=C(N[C@@H](CCc1noc(=O)[nH]1)C(=O)O)OCC1c2ccccc2-c2ccccc21.O=C1OCN(C(=O)OCC2c3ccccc3-c3ccccc32)[C@H]1CCc1noc(=O)[nH]1. The van der Waals surface area contributed by atoms with Crippen molar-refractivity contribution in [3.05, 3.63) is 228 Å². The Morgan fingerprint density at radius 2 is 0.899 bits per heavy atom. The Kier molecular flexibility index (Phi) is 23.5. The van der Waals surface area contributed by atoms with Crippen LogP contribution in [0.5, 0.6) is 0 Å². The number of carbonyl (C=O) groups excluding carboxylic acids is 4. The molecule has 1 fully saturated rings.